The molecule has 4 nitrogen and oxygen atoms in total. The lowest BCUT2D eigenvalue weighted by Gasteiger charge is -2.21. The van der Waals surface area contributed by atoms with E-state index in [0.29, 0.717) is 12.1 Å². The number of hydrogen-bond acceptors (Lipinski definition) is 4. The molecular weight excluding hydrogens is 232 g/mol. The normalized spacial score (nSPS) is 14.8. The van der Waals surface area contributed by atoms with E-state index in [0.717, 1.165) is 12.2 Å². The second-order valence-electron chi connectivity index (χ2n) is 4.39. The van der Waals surface area contributed by atoms with Crippen molar-refractivity contribution >= 4 is 11.3 Å². The summed E-state index contributed by atoms with van der Waals surface area (Å²) >= 11 is 1.63. The molecule has 92 valence electrons. The van der Waals surface area contributed by atoms with E-state index in [-0.39, 0.29) is 0 Å². The Kier molecular flexibility index (Phi) is 3.91. The smallest absolute Gasteiger partial charge is 0.0795 e. The van der Waals surface area contributed by atoms with E-state index in [1.54, 1.807) is 11.3 Å². The first kappa shape index (κ1) is 12.3. The van der Waals surface area contributed by atoms with Gasteiger partial charge in [0.1, 0.15) is 0 Å². The van der Waals surface area contributed by atoms with E-state index in [4.69, 9.17) is 0 Å². The first-order valence-electron chi connectivity index (χ1n) is 5.78. The number of nitrogens with zero attached hydrogens (tertiary/aromatic N) is 3. The van der Waals surface area contributed by atoms with Gasteiger partial charge in [0.2, 0.25) is 0 Å². The van der Waals surface area contributed by atoms with Crippen molar-refractivity contribution in [2.75, 3.05) is 0 Å². The van der Waals surface area contributed by atoms with E-state index in [9.17, 15) is 0 Å². The number of nitrogens with one attached hydrogen (secondary N) is 1. The fraction of sp³-hybridized carbons (Fsp3) is 0.500. The Bertz CT molecular complexity index is 449. The molecule has 0 saturated heterocycles. The van der Waals surface area contributed by atoms with E-state index < -0.39 is 0 Å². The molecule has 0 amide bonds. The number of thiazole rings is 1. The van der Waals surface area contributed by atoms with E-state index in [1.165, 1.54) is 5.56 Å². The van der Waals surface area contributed by atoms with Crippen LogP contribution in [0.25, 0.3) is 0 Å². The summed E-state index contributed by atoms with van der Waals surface area (Å²) in [6.45, 7) is 7.22. The van der Waals surface area contributed by atoms with Gasteiger partial charge in [0.25, 0.3) is 0 Å². The first-order chi connectivity index (χ1) is 8.16. The fourth-order valence-corrected chi connectivity index (χ4v) is 2.20. The maximum absolute atomic E-state index is 4.34. The first-order valence-corrected chi connectivity index (χ1v) is 6.72. The molecule has 2 atom stereocenters. The minimum absolute atomic E-state index is 0.335. The summed E-state index contributed by atoms with van der Waals surface area (Å²) in [7, 11) is 0. The Labute approximate surface area is 106 Å². The van der Waals surface area contributed by atoms with Crippen molar-refractivity contribution in [2.45, 2.75) is 39.4 Å². The molecule has 0 aliphatic carbocycles. The van der Waals surface area contributed by atoms with E-state index in [1.807, 2.05) is 16.4 Å². The second kappa shape index (κ2) is 5.42. The van der Waals surface area contributed by atoms with Gasteiger partial charge in [0, 0.05) is 24.2 Å². The average Bonchev–Trinajstić information content (AvgIpc) is 2.95. The molecule has 0 radical (unpaired) electrons. The molecule has 1 N–H and O–H groups in total. The van der Waals surface area contributed by atoms with Crippen LogP contribution in [0.2, 0.25) is 0 Å². The van der Waals surface area contributed by atoms with Crippen molar-refractivity contribution in [1.82, 2.24) is 20.1 Å². The summed E-state index contributed by atoms with van der Waals surface area (Å²) in [5.41, 5.74) is 4.16. The molecule has 0 spiro atoms. The summed E-state index contributed by atoms with van der Waals surface area (Å²) in [4.78, 5) is 4.26. The molecule has 0 saturated carbocycles. The second-order valence-corrected chi connectivity index (χ2v) is 5.11. The maximum atomic E-state index is 4.34. The third-order valence-electron chi connectivity index (χ3n) is 2.96. The molecule has 2 rings (SSSR count). The Morgan fingerprint density at radius 3 is 2.88 bits per heavy atom. The largest absolute Gasteiger partial charge is 0.306 e. The minimum atomic E-state index is 0.335. The highest BCUT2D eigenvalue weighted by Crippen LogP contribution is 2.11. The predicted octanol–water partition coefficient (Wildman–Crippen LogP) is 2.39. The van der Waals surface area contributed by atoms with Gasteiger partial charge in [-0.2, -0.15) is 5.10 Å². The van der Waals surface area contributed by atoms with Crippen molar-refractivity contribution in [1.29, 1.82) is 0 Å². The van der Waals surface area contributed by atoms with Gasteiger partial charge in [-0.1, -0.05) is 0 Å². The molecule has 2 aromatic rings. The van der Waals surface area contributed by atoms with Crippen molar-refractivity contribution in [3.63, 3.8) is 0 Å². The van der Waals surface area contributed by atoms with E-state index >= 15 is 0 Å². The van der Waals surface area contributed by atoms with Crippen molar-refractivity contribution in [2.24, 2.45) is 0 Å². The molecule has 0 aliphatic rings. The monoisotopic (exact) mass is 250 g/mol. The lowest BCUT2D eigenvalue weighted by atomic mass is 10.1. The molecule has 2 aromatic heterocycles. The summed E-state index contributed by atoms with van der Waals surface area (Å²) in [6.07, 6.45) is 3.97. The highest BCUT2D eigenvalue weighted by atomic mass is 32.1. The van der Waals surface area contributed by atoms with Gasteiger partial charge in [0.05, 0.1) is 23.4 Å². The van der Waals surface area contributed by atoms with Crippen molar-refractivity contribution in [3.8, 4) is 0 Å². The predicted molar refractivity (Wildman–Crippen MR) is 70.1 cm³/mol. The van der Waals surface area contributed by atoms with Gasteiger partial charge in [-0.05, 0) is 26.3 Å². The summed E-state index contributed by atoms with van der Waals surface area (Å²) < 4.78 is 2.01. The quantitative estimate of drug-likeness (QED) is 0.886. The summed E-state index contributed by atoms with van der Waals surface area (Å²) in [6, 6.07) is 0.693. The standard InChI is InChI=1S/C12H18N4S/c1-9-4-15-16(6-9)11(3)10(2)13-5-12-7-17-8-14-12/h4,6-8,10-11,13H,5H2,1-3H3/t10-,11-/m0/s1. The zero-order valence-electron chi connectivity index (χ0n) is 10.4. The van der Waals surface area contributed by atoms with Crippen LogP contribution in [-0.2, 0) is 6.54 Å². The fourth-order valence-electron chi connectivity index (χ4n) is 1.65. The minimum Gasteiger partial charge on any atom is -0.306 e. The molecule has 5 heteroatoms. The molecule has 0 fully saturated rings. The Morgan fingerprint density at radius 1 is 1.47 bits per heavy atom. The van der Waals surface area contributed by atoms with Crippen molar-refractivity contribution in [3.05, 3.63) is 34.5 Å². The van der Waals surface area contributed by atoms with Crippen LogP contribution >= 0.6 is 11.3 Å². The summed E-state index contributed by atoms with van der Waals surface area (Å²) in [5.74, 6) is 0. The molecule has 0 aromatic carbocycles. The van der Waals surface area contributed by atoms with Crippen LogP contribution in [0.1, 0.15) is 31.1 Å². The Balaban J connectivity index is 1.89. The highest BCUT2D eigenvalue weighted by molar-refractivity contribution is 7.07. The molecule has 0 bridgehead atoms. The molecule has 0 unspecified atom stereocenters. The van der Waals surface area contributed by atoms with Crippen LogP contribution in [0.4, 0.5) is 0 Å². The Hall–Kier alpha value is -1.20. The van der Waals surface area contributed by atoms with Gasteiger partial charge in [0.15, 0.2) is 0 Å². The molecular formula is C12H18N4S. The van der Waals surface area contributed by atoms with Gasteiger partial charge < -0.3 is 5.32 Å². The molecule has 17 heavy (non-hydrogen) atoms. The summed E-state index contributed by atoms with van der Waals surface area (Å²) in [5, 5.41) is 9.89. The van der Waals surface area contributed by atoms with Crippen LogP contribution in [0, 0.1) is 6.92 Å². The molecule has 2 heterocycles. The average molecular weight is 250 g/mol. The maximum Gasteiger partial charge on any atom is 0.0795 e. The lowest BCUT2D eigenvalue weighted by molar-refractivity contribution is 0.364. The van der Waals surface area contributed by atoms with Crippen LogP contribution in [0.15, 0.2) is 23.3 Å². The molecule has 0 aliphatic heterocycles. The zero-order valence-corrected chi connectivity index (χ0v) is 11.2. The van der Waals surface area contributed by atoms with Crippen LogP contribution in [-0.4, -0.2) is 20.8 Å². The topological polar surface area (TPSA) is 42.7 Å². The number of hydrogen-bond donors (Lipinski definition) is 1. The van der Waals surface area contributed by atoms with Crippen molar-refractivity contribution < 1.29 is 0 Å². The zero-order chi connectivity index (χ0) is 12.3. The SMILES string of the molecule is Cc1cnn([C@@H](C)[C@H](C)NCc2cscn2)c1. The van der Waals surface area contributed by atoms with Gasteiger partial charge in [-0.25, -0.2) is 4.98 Å². The van der Waals surface area contributed by atoms with Crippen LogP contribution < -0.4 is 5.32 Å². The number of aromatic nitrogens is 3. The highest BCUT2D eigenvalue weighted by Gasteiger charge is 2.14. The van der Waals surface area contributed by atoms with Gasteiger partial charge in [-0.15, -0.1) is 11.3 Å². The third-order valence-corrected chi connectivity index (χ3v) is 3.60. The lowest BCUT2D eigenvalue weighted by Crippen LogP contribution is -2.33. The van der Waals surface area contributed by atoms with E-state index in [2.05, 4.69) is 47.7 Å². The van der Waals surface area contributed by atoms with Gasteiger partial charge >= 0.3 is 0 Å². The Morgan fingerprint density at radius 2 is 2.29 bits per heavy atom. The van der Waals surface area contributed by atoms with Crippen LogP contribution in [0.3, 0.4) is 0 Å². The third kappa shape index (κ3) is 3.14. The van der Waals surface area contributed by atoms with Gasteiger partial charge in [-0.3, -0.25) is 4.68 Å². The van der Waals surface area contributed by atoms with Crippen LogP contribution in [0.5, 0.6) is 0 Å². The number of rotatable bonds is 5. The number of aryl methyl sites for hydroxylation is 1.